The van der Waals surface area contributed by atoms with Crippen molar-refractivity contribution in [1.29, 1.82) is 0 Å². The van der Waals surface area contributed by atoms with Gasteiger partial charge < -0.3 is 9.84 Å². The molecule has 0 fully saturated rings. The number of hydrogen-bond donors (Lipinski definition) is 1. The van der Waals surface area contributed by atoms with Gasteiger partial charge in [0.2, 0.25) is 6.10 Å². The highest BCUT2D eigenvalue weighted by Crippen LogP contribution is 2.39. The van der Waals surface area contributed by atoms with Crippen LogP contribution in [0.1, 0.15) is 31.4 Å². The van der Waals surface area contributed by atoms with Crippen molar-refractivity contribution in [3.63, 3.8) is 0 Å². The summed E-state index contributed by atoms with van der Waals surface area (Å²) in [5.74, 6) is -1.25. The quantitative estimate of drug-likeness (QED) is 0.856. The van der Waals surface area contributed by atoms with Crippen LogP contribution < -0.4 is 4.74 Å². The molecule has 0 aromatic heterocycles. The zero-order chi connectivity index (χ0) is 17.4. The molecule has 0 bridgehead atoms. The van der Waals surface area contributed by atoms with Crippen LogP contribution in [0.25, 0.3) is 6.08 Å². The number of carbonyl (C=O) groups is 1. The lowest BCUT2D eigenvalue weighted by Gasteiger charge is -2.27. The standard InChI is InChI=1S/C16H16ClF3O3/c1-8(2)3-4-9-7-13-10(6-12(9)17)5-11(15(21)22)14(23-13)16(18,19)20/h5-8,14H,3-4H2,1-2H3,(H,21,22)/t14-/m0/s1. The molecular weight excluding hydrogens is 333 g/mol. The van der Waals surface area contributed by atoms with Crippen molar-refractivity contribution in [2.45, 2.75) is 39.0 Å². The number of ether oxygens (including phenoxy) is 1. The number of aliphatic carboxylic acids is 1. The number of aryl methyl sites for hydroxylation is 1. The number of rotatable bonds is 4. The molecule has 1 aromatic carbocycles. The number of halogens is 4. The molecule has 2 rings (SSSR count). The van der Waals surface area contributed by atoms with Crippen molar-refractivity contribution >= 4 is 23.6 Å². The van der Waals surface area contributed by atoms with Gasteiger partial charge in [0.05, 0.1) is 5.57 Å². The summed E-state index contributed by atoms with van der Waals surface area (Å²) in [6.45, 7) is 4.06. The molecule has 0 saturated heterocycles. The summed E-state index contributed by atoms with van der Waals surface area (Å²) >= 11 is 6.14. The summed E-state index contributed by atoms with van der Waals surface area (Å²) in [6.07, 6.45) is -4.87. The molecule has 0 amide bonds. The molecule has 1 heterocycles. The Bertz CT molecular complexity index is 651. The maximum absolute atomic E-state index is 13.0. The van der Waals surface area contributed by atoms with Crippen molar-refractivity contribution in [3.8, 4) is 5.75 Å². The fraction of sp³-hybridized carbons (Fsp3) is 0.438. The van der Waals surface area contributed by atoms with Crippen LogP contribution in [0, 0.1) is 5.92 Å². The third-order valence-corrected chi connectivity index (χ3v) is 3.90. The Morgan fingerprint density at radius 1 is 1.39 bits per heavy atom. The third kappa shape index (κ3) is 3.99. The van der Waals surface area contributed by atoms with Gasteiger partial charge in [-0.1, -0.05) is 25.4 Å². The molecule has 1 atom stereocenters. The van der Waals surface area contributed by atoms with E-state index in [1.807, 2.05) is 13.8 Å². The molecule has 23 heavy (non-hydrogen) atoms. The van der Waals surface area contributed by atoms with Crippen LogP contribution in [-0.4, -0.2) is 23.4 Å². The Morgan fingerprint density at radius 3 is 2.57 bits per heavy atom. The van der Waals surface area contributed by atoms with E-state index >= 15 is 0 Å². The van der Waals surface area contributed by atoms with Gasteiger partial charge in [0.15, 0.2) is 0 Å². The SMILES string of the molecule is CC(C)CCc1cc2c(cc1Cl)C=C(C(=O)O)[C@@H](C(F)(F)F)O2. The zero-order valence-electron chi connectivity index (χ0n) is 12.6. The lowest BCUT2D eigenvalue weighted by molar-refractivity contribution is -0.187. The fourth-order valence-electron chi connectivity index (χ4n) is 2.31. The van der Waals surface area contributed by atoms with Crippen LogP contribution in [0.2, 0.25) is 5.02 Å². The normalized spacial score (nSPS) is 17.5. The first kappa shape index (κ1) is 17.7. The van der Waals surface area contributed by atoms with E-state index < -0.39 is 23.8 Å². The summed E-state index contributed by atoms with van der Waals surface area (Å²) in [5.41, 5.74) is 0.0735. The summed E-state index contributed by atoms with van der Waals surface area (Å²) in [4.78, 5) is 11.1. The summed E-state index contributed by atoms with van der Waals surface area (Å²) in [7, 11) is 0. The second kappa shape index (κ2) is 6.43. The predicted octanol–water partition coefficient (Wildman–Crippen LogP) is 4.72. The molecule has 1 aliphatic rings. The fourth-order valence-corrected chi connectivity index (χ4v) is 2.58. The predicted molar refractivity (Wildman–Crippen MR) is 80.7 cm³/mol. The Morgan fingerprint density at radius 2 is 2.04 bits per heavy atom. The van der Waals surface area contributed by atoms with Gasteiger partial charge >= 0.3 is 12.1 Å². The van der Waals surface area contributed by atoms with E-state index in [1.54, 1.807) is 0 Å². The van der Waals surface area contributed by atoms with Crippen LogP contribution in [0.15, 0.2) is 17.7 Å². The maximum Gasteiger partial charge on any atom is 0.430 e. The topological polar surface area (TPSA) is 46.5 Å². The van der Waals surface area contributed by atoms with E-state index in [-0.39, 0.29) is 11.3 Å². The molecule has 1 N–H and O–H groups in total. The number of alkyl halides is 3. The minimum Gasteiger partial charge on any atom is -0.478 e. The Balaban J connectivity index is 2.43. The molecule has 0 radical (unpaired) electrons. The van der Waals surface area contributed by atoms with Gasteiger partial charge in [-0.3, -0.25) is 0 Å². The third-order valence-electron chi connectivity index (χ3n) is 3.55. The molecule has 1 aliphatic heterocycles. The van der Waals surface area contributed by atoms with Crippen LogP contribution in [0.3, 0.4) is 0 Å². The van der Waals surface area contributed by atoms with E-state index in [0.717, 1.165) is 12.5 Å². The first-order chi connectivity index (χ1) is 10.6. The highest BCUT2D eigenvalue weighted by Gasteiger charge is 2.48. The molecule has 0 aliphatic carbocycles. The first-order valence-electron chi connectivity index (χ1n) is 7.10. The van der Waals surface area contributed by atoms with Gasteiger partial charge in [0.1, 0.15) is 5.75 Å². The Labute approximate surface area is 136 Å². The number of hydrogen-bond acceptors (Lipinski definition) is 2. The highest BCUT2D eigenvalue weighted by molar-refractivity contribution is 6.31. The second-order valence-electron chi connectivity index (χ2n) is 5.86. The van der Waals surface area contributed by atoms with Gasteiger partial charge in [0, 0.05) is 10.6 Å². The molecule has 7 heteroatoms. The van der Waals surface area contributed by atoms with Gasteiger partial charge in [-0.05, 0) is 42.5 Å². The highest BCUT2D eigenvalue weighted by atomic mass is 35.5. The average Bonchev–Trinajstić information content (AvgIpc) is 2.42. The molecular formula is C16H16ClF3O3. The Hall–Kier alpha value is -1.69. The first-order valence-corrected chi connectivity index (χ1v) is 7.48. The number of benzene rings is 1. The smallest absolute Gasteiger partial charge is 0.430 e. The molecule has 0 spiro atoms. The minimum absolute atomic E-state index is 0.000445. The van der Waals surface area contributed by atoms with E-state index in [2.05, 4.69) is 0 Å². The largest absolute Gasteiger partial charge is 0.478 e. The van der Waals surface area contributed by atoms with E-state index in [1.165, 1.54) is 12.1 Å². The van der Waals surface area contributed by atoms with Crippen LogP contribution in [0.5, 0.6) is 5.75 Å². The number of carboxylic acid groups (broad SMARTS) is 1. The van der Waals surface area contributed by atoms with Crippen LogP contribution in [0.4, 0.5) is 13.2 Å². The number of fused-ring (bicyclic) bond motifs is 1. The van der Waals surface area contributed by atoms with E-state index in [4.69, 9.17) is 21.4 Å². The van der Waals surface area contributed by atoms with Gasteiger partial charge in [-0.25, -0.2) is 4.79 Å². The monoisotopic (exact) mass is 348 g/mol. The maximum atomic E-state index is 13.0. The van der Waals surface area contributed by atoms with Gasteiger partial charge in [0.25, 0.3) is 0 Å². The van der Waals surface area contributed by atoms with E-state index in [9.17, 15) is 18.0 Å². The van der Waals surface area contributed by atoms with Gasteiger partial charge in [-0.2, -0.15) is 13.2 Å². The van der Waals surface area contributed by atoms with Crippen molar-refractivity contribution in [3.05, 3.63) is 33.9 Å². The van der Waals surface area contributed by atoms with Gasteiger partial charge in [-0.15, -0.1) is 0 Å². The van der Waals surface area contributed by atoms with Crippen LogP contribution in [-0.2, 0) is 11.2 Å². The summed E-state index contributed by atoms with van der Waals surface area (Å²) in [5, 5.41) is 9.37. The summed E-state index contributed by atoms with van der Waals surface area (Å²) in [6, 6.07) is 2.91. The van der Waals surface area contributed by atoms with Crippen molar-refractivity contribution < 1.29 is 27.8 Å². The molecule has 126 valence electrons. The average molecular weight is 349 g/mol. The van der Waals surface area contributed by atoms with Crippen molar-refractivity contribution in [2.75, 3.05) is 0 Å². The zero-order valence-corrected chi connectivity index (χ0v) is 13.3. The minimum atomic E-state index is -4.81. The lowest BCUT2D eigenvalue weighted by atomic mass is 9.97. The molecule has 0 unspecified atom stereocenters. The summed E-state index contributed by atoms with van der Waals surface area (Å²) < 4.78 is 44.0. The lowest BCUT2D eigenvalue weighted by Crippen LogP contribution is -2.40. The van der Waals surface area contributed by atoms with E-state index in [0.29, 0.717) is 22.9 Å². The molecule has 1 aromatic rings. The second-order valence-corrected chi connectivity index (χ2v) is 6.27. The number of carboxylic acids is 1. The molecule has 0 saturated carbocycles. The molecule has 3 nitrogen and oxygen atoms in total. The van der Waals surface area contributed by atoms with Crippen LogP contribution >= 0.6 is 11.6 Å². The van der Waals surface area contributed by atoms with Crippen molar-refractivity contribution in [1.82, 2.24) is 0 Å². The Kier molecular flexibility index (Phi) is 4.94. The van der Waals surface area contributed by atoms with Crippen molar-refractivity contribution in [2.24, 2.45) is 5.92 Å².